The molecule has 0 spiro atoms. The molecule has 2 aromatic rings. The molecule has 1 aliphatic heterocycles. The van der Waals surface area contributed by atoms with E-state index >= 15 is 0 Å². The molecule has 182 valence electrons. The molecule has 7 nitrogen and oxygen atoms in total. The zero-order valence-corrected chi connectivity index (χ0v) is 20.4. The van der Waals surface area contributed by atoms with E-state index in [1.54, 1.807) is 29.2 Å². The van der Waals surface area contributed by atoms with Gasteiger partial charge in [-0.15, -0.1) is 0 Å². The molecule has 1 atom stereocenters. The molecule has 2 aromatic carbocycles. The van der Waals surface area contributed by atoms with Gasteiger partial charge in [-0.25, -0.2) is 0 Å². The molecule has 0 aromatic heterocycles. The maximum Gasteiger partial charge on any atom is 0.295 e. The van der Waals surface area contributed by atoms with E-state index in [9.17, 15) is 14.7 Å². The molecule has 1 aliphatic rings. The number of rotatable bonds is 11. The highest BCUT2D eigenvalue weighted by Crippen LogP contribution is 2.40. The number of Topliss-reactive ketones (excluding diaryl/α,β-unsaturated/α-hetero) is 1. The number of carbonyl (C=O) groups is 2. The second-order valence-electron chi connectivity index (χ2n) is 8.52. The summed E-state index contributed by atoms with van der Waals surface area (Å²) in [7, 11) is 3.93. The zero-order valence-electron chi connectivity index (χ0n) is 20.4. The van der Waals surface area contributed by atoms with Gasteiger partial charge in [0.25, 0.3) is 11.7 Å². The first kappa shape index (κ1) is 25.3. The molecular formula is C27H34N2O5. The quantitative estimate of drug-likeness (QED) is 0.303. The number of ketones is 1. The lowest BCUT2D eigenvalue weighted by atomic mass is 9.95. The van der Waals surface area contributed by atoms with Gasteiger partial charge in [0.15, 0.2) is 0 Å². The predicted molar refractivity (Wildman–Crippen MR) is 132 cm³/mol. The van der Waals surface area contributed by atoms with Gasteiger partial charge >= 0.3 is 0 Å². The molecule has 1 N–H and O–H groups in total. The number of aliphatic hydroxyl groups is 1. The van der Waals surface area contributed by atoms with Gasteiger partial charge in [-0.3, -0.25) is 9.59 Å². The van der Waals surface area contributed by atoms with Gasteiger partial charge in [-0.2, -0.15) is 0 Å². The molecule has 0 unspecified atom stereocenters. The van der Waals surface area contributed by atoms with Crippen LogP contribution in [0.3, 0.4) is 0 Å². The number of ether oxygens (including phenoxy) is 2. The minimum atomic E-state index is -0.674. The summed E-state index contributed by atoms with van der Waals surface area (Å²) in [6.07, 6.45) is 1.60. The Balaban J connectivity index is 2.01. The number of hydrogen-bond donors (Lipinski definition) is 1. The van der Waals surface area contributed by atoms with Crippen LogP contribution < -0.4 is 9.47 Å². The van der Waals surface area contributed by atoms with Gasteiger partial charge in [0, 0.05) is 12.1 Å². The third-order valence-electron chi connectivity index (χ3n) is 5.65. The molecule has 0 saturated carbocycles. The average molecular weight is 467 g/mol. The van der Waals surface area contributed by atoms with Crippen LogP contribution in [0, 0.1) is 0 Å². The minimum Gasteiger partial charge on any atom is -0.507 e. The second kappa shape index (κ2) is 11.7. The van der Waals surface area contributed by atoms with Crippen LogP contribution in [-0.4, -0.2) is 67.0 Å². The van der Waals surface area contributed by atoms with Crippen LogP contribution in [0.1, 0.15) is 43.9 Å². The topological polar surface area (TPSA) is 79.3 Å². The Labute approximate surface area is 201 Å². The highest BCUT2D eigenvalue weighted by molar-refractivity contribution is 6.46. The van der Waals surface area contributed by atoms with E-state index in [0.717, 1.165) is 18.5 Å². The number of hydrogen-bond acceptors (Lipinski definition) is 6. The Bertz CT molecular complexity index is 1010. The fraction of sp³-hybridized carbons (Fsp3) is 0.407. The van der Waals surface area contributed by atoms with Crippen molar-refractivity contribution in [1.82, 2.24) is 9.80 Å². The number of aliphatic hydroxyl groups excluding tert-OH is 1. The van der Waals surface area contributed by atoms with Crippen LogP contribution in [0.15, 0.2) is 54.1 Å². The SMILES string of the molecule is CCCOc1ccc(/C(O)=C2\C(=O)C(=O)N(CCCN(C)C)[C@H]2c2ccc(OCC)cc2)cc1. The second-order valence-corrected chi connectivity index (χ2v) is 8.52. The number of benzene rings is 2. The smallest absolute Gasteiger partial charge is 0.295 e. The first-order valence-electron chi connectivity index (χ1n) is 11.8. The monoisotopic (exact) mass is 466 g/mol. The van der Waals surface area contributed by atoms with Crippen LogP contribution in [0.4, 0.5) is 0 Å². The van der Waals surface area contributed by atoms with Crippen molar-refractivity contribution in [2.45, 2.75) is 32.7 Å². The molecule has 7 heteroatoms. The van der Waals surface area contributed by atoms with E-state index in [1.807, 2.05) is 57.1 Å². The van der Waals surface area contributed by atoms with Crippen LogP contribution in [0.25, 0.3) is 5.76 Å². The molecule has 1 amide bonds. The molecule has 1 fully saturated rings. The standard InChI is InChI=1S/C27H34N2O5/c1-5-18-34-22-14-10-20(11-15-22)25(30)23-24(19-8-12-21(13-9-19)33-6-2)29(27(32)26(23)31)17-7-16-28(3)4/h8-15,24,30H,5-7,16-18H2,1-4H3/b25-23+/t24-/m0/s1. The Morgan fingerprint density at radius 2 is 1.59 bits per heavy atom. The van der Waals surface area contributed by atoms with Gasteiger partial charge in [-0.05, 0) is 82.4 Å². The highest BCUT2D eigenvalue weighted by atomic mass is 16.5. The molecule has 1 heterocycles. The van der Waals surface area contributed by atoms with Crippen molar-refractivity contribution >= 4 is 17.4 Å². The molecule has 0 aliphatic carbocycles. The number of carbonyl (C=O) groups excluding carboxylic acids is 2. The lowest BCUT2D eigenvalue weighted by Gasteiger charge is -2.26. The summed E-state index contributed by atoms with van der Waals surface area (Å²) in [6, 6.07) is 13.6. The van der Waals surface area contributed by atoms with Crippen LogP contribution in [0.5, 0.6) is 11.5 Å². The molecular weight excluding hydrogens is 432 g/mol. The van der Waals surface area contributed by atoms with Crippen LogP contribution >= 0.6 is 0 Å². The maximum atomic E-state index is 13.1. The van der Waals surface area contributed by atoms with Gasteiger partial charge < -0.3 is 24.4 Å². The van der Waals surface area contributed by atoms with Gasteiger partial charge in [0.1, 0.15) is 17.3 Å². The number of nitrogens with zero attached hydrogens (tertiary/aromatic N) is 2. The van der Waals surface area contributed by atoms with Crippen molar-refractivity contribution < 1.29 is 24.2 Å². The van der Waals surface area contributed by atoms with Gasteiger partial charge in [0.05, 0.1) is 24.8 Å². The molecule has 3 rings (SSSR count). The Morgan fingerprint density at radius 3 is 2.18 bits per heavy atom. The first-order valence-corrected chi connectivity index (χ1v) is 11.8. The third-order valence-corrected chi connectivity index (χ3v) is 5.65. The molecule has 0 radical (unpaired) electrons. The summed E-state index contributed by atoms with van der Waals surface area (Å²) in [5.74, 6) is -0.0619. The summed E-state index contributed by atoms with van der Waals surface area (Å²) in [5, 5.41) is 11.2. The van der Waals surface area contributed by atoms with E-state index in [1.165, 1.54) is 0 Å². The maximum absolute atomic E-state index is 13.1. The fourth-order valence-electron chi connectivity index (χ4n) is 4.01. The summed E-state index contributed by atoms with van der Waals surface area (Å²) in [4.78, 5) is 29.7. The van der Waals surface area contributed by atoms with E-state index in [2.05, 4.69) is 0 Å². The zero-order chi connectivity index (χ0) is 24.7. The molecule has 0 bridgehead atoms. The third kappa shape index (κ3) is 5.78. The van der Waals surface area contributed by atoms with E-state index in [4.69, 9.17) is 9.47 Å². The lowest BCUT2D eigenvalue weighted by molar-refractivity contribution is -0.139. The Hall–Kier alpha value is -3.32. The van der Waals surface area contributed by atoms with Crippen LogP contribution in [0.2, 0.25) is 0 Å². The summed E-state index contributed by atoms with van der Waals surface area (Å²) >= 11 is 0. The molecule has 34 heavy (non-hydrogen) atoms. The highest BCUT2D eigenvalue weighted by Gasteiger charge is 2.45. The van der Waals surface area contributed by atoms with Gasteiger partial charge in [0.2, 0.25) is 0 Å². The van der Waals surface area contributed by atoms with Crippen LogP contribution in [-0.2, 0) is 9.59 Å². The number of likely N-dealkylation sites (tertiary alicyclic amines) is 1. The Morgan fingerprint density at radius 1 is 0.971 bits per heavy atom. The normalized spacial score (nSPS) is 17.4. The average Bonchev–Trinajstić information content (AvgIpc) is 3.08. The number of amides is 1. The molecule has 1 saturated heterocycles. The van der Waals surface area contributed by atoms with Crippen molar-refractivity contribution in [3.05, 3.63) is 65.2 Å². The van der Waals surface area contributed by atoms with Crippen molar-refractivity contribution in [2.24, 2.45) is 0 Å². The van der Waals surface area contributed by atoms with Gasteiger partial charge in [-0.1, -0.05) is 19.1 Å². The fourth-order valence-corrected chi connectivity index (χ4v) is 4.01. The summed E-state index contributed by atoms with van der Waals surface area (Å²) in [6.45, 7) is 6.26. The van der Waals surface area contributed by atoms with E-state index in [-0.39, 0.29) is 11.3 Å². The van der Waals surface area contributed by atoms with Crippen molar-refractivity contribution in [1.29, 1.82) is 0 Å². The predicted octanol–water partition coefficient (Wildman–Crippen LogP) is 4.25. The van der Waals surface area contributed by atoms with E-state index < -0.39 is 17.7 Å². The first-order chi connectivity index (χ1) is 16.4. The van der Waals surface area contributed by atoms with Crippen molar-refractivity contribution in [2.75, 3.05) is 40.4 Å². The summed E-state index contributed by atoms with van der Waals surface area (Å²) in [5.41, 5.74) is 1.31. The summed E-state index contributed by atoms with van der Waals surface area (Å²) < 4.78 is 11.2. The minimum absolute atomic E-state index is 0.0984. The lowest BCUT2D eigenvalue weighted by Crippen LogP contribution is -2.32. The van der Waals surface area contributed by atoms with Crippen molar-refractivity contribution in [3.8, 4) is 11.5 Å². The Kier molecular flexibility index (Phi) is 8.71. The largest absolute Gasteiger partial charge is 0.507 e. The van der Waals surface area contributed by atoms with E-state index in [0.29, 0.717) is 43.2 Å². The van der Waals surface area contributed by atoms with Crippen molar-refractivity contribution in [3.63, 3.8) is 0 Å².